The molecule has 0 unspecified atom stereocenters. The molecule has 27 heavy (non-hydrogen) atoms. The maximum Gasteiger partial charge on any atom is 0.254 e. The monoisotopic (exact) mass is 369 g/mol. The third-order valence-electron chi connectivity index (χ3n) is 4.64. The Hall–Kier alpha value is -3.27. The van der Waals surface area contributed by atoms with Gasteiger partial charge in [0.15, 0.2) is 11.5 Å². The van der Waals surface area contributed by atoms with Crippen LogP contribution >= 0.6 is 0 Å². The van der Waals surface area contributed by atoms with Crippen LogP contribution in [0.15, 0.2) is 36.4 Å². The molecule has 1 saturated heterocycles. The molecule has 0 aliphatic carbocycles. The molecule has 1 fully saturated rings. The second-order valence-electron chi connectivity index (χ2n) is 6.09. The van der Waals surface area contributed by atoms with Gasteiger partial charge < -0.3 is 19.3 Å². The second kappa shape index (κ2) is 7.96. The molecule has 2 aromatic carbocycles. The van der Waals surface area contributed by atoms with E-state index in [9.17, 15) is 14.4 Å². The van der Waals surface area contributed by atoms with E-state index in [0.29, 0.717) is 48.9 Å². The fraction of sp³-hybridized carbons (Fsp3) is 0.300. The van der Waals surface area contributed by atoms with Gasteiger partial charge in [-0.3, -0.25) is 4.79 Å². The Morgan fingerprint density at radius 1 is 1.07 bits per heavy atom. The lowest BCUT2D eigenvalue weighted by Gasteiger charge is -2.36. The van der Waals surface area contributed by atoms with Crippen LogP contribution in [-0.2, 0) is 0 Å². The highest BCUT2D eigenvalue weighted by Gasteiger charge is 2.25. The van der Waals surface area contributed by atoms with Crippen molar-refractivity contribution in [2.75, 3.05) is 45.3 Å². The van der Waals surface area contributed by atoms with E-state index in [1.807, 2.05) is 11.0 Å². The number of amides is 1. The normalized spacial score (nSPS) is 13.9. The van der Waals surface area contributed by atoms with Gasteiger partial charge in [0.1, 0.15) is 17.4 Å². The lowest BCUT2D eigenvalue weighted by molar-refractivity contribution is 0.0746. The van der Waals surface area contributed by atoms with Crippen LogP contribution in [0.4, 0.5) is 10.1 Å². The van der Waals surface area contributed by atoms with Crippen molar-refractivity contribution >= 4 is 11.6 Å². The highest BCUT2D eigenvalue weighted by molar-refractivity contribution is 5.95. The number of methoxy groups -OCH3 is 2. The molecule has 0 saturated carbocycles. The van der Waals surface area contributed by atoms with Crippen LogP contribution in [0, 0.1) is 17.1 Å². The number of carbonyl (C=O) groups is 1. The van der Waals surface area contributed by atoms with Gasteiger partial charge in [-0.15, -0.1) is 0 Å². The van der Waals surface area contributed by atoms with E-state index in [4.69, 9.17) is 9.47 Å². The number of benzene rings is 2. The minimum absolute atomic E-state index is 0.0390. The van der Waals surface area contributed by atoms with Crippen LogP contribution in [0.5, 0.6) is 11.5 Å². The first kappa shape index (κ1) is 18.5. The lowest BCUT2D eigenvalue weighted by Crippen LogP contribution is -2.49. The van der Waals surface area contributed by atoms with E-state index >= 15 is 0 Å². The molecule has 0 aromatic heterocycles. The number of halogens is 1. The van der Waals surface area contributed by atoms with E-state index in [1.165, 1.54) is 13.2 Å². The first-order chi connectivity index (χ1) is 13.1. The summed E-state index contributed by atoms with van der Waals surface area (Å²) in [6, 6.07) is 11.6. The summed E-state index contributed by atoms with van der Waals surface area (Å²) in [7, 11) is 3.07. The first-order valence-electron chi connectivity index (χ1n) is 8.54. The van der Waals surface area contributed by atoms with Crippen LogP contribution in [0.3, 0.4) is 0 Å². The Labute approximate surface area is 157 Å². The summed E-state index contributed by atoms with van der Waals surface area (Å²) in [5.74, 6) is 0.434. The molecule has 1 heterocycles. The van der Waals surface area contributed by atoms with E-state index in [1.54, 1.807) is 42.3 Å². The summed E-state index contributed by atoms with van der Waals surface area (Å²) < 4.78 is 24.3. The summed E-state index contributed by atoms with van der Waals surface area (Å²) in [4.78, 5) is 16.5. The van der Waals surface area contributed by atoms with Crippen molar-refractivity contribution in [2.24, 2.45) is 0 Å². The van der Waals surface area contributed by atoms with Crippen molar-refractivity contribution in [3.63, 3.8) is 0 Å². The molecule has 3 rings (SSSR count). The van der Waals surface area contributed by atoms with Crippen molar-refractivity contribution in [1.82, 2.24) is 4.90 Å². The van der Waals surface area contributed by atoms with Gasteiger partial charge in [-0.05, 0) is 30.3 Å². The van der Waals surface area contributed by atoms with Gasteiger partial charge in [-0.25, -0.2) is 4.39 Å². The zero-order valence-electron chi connectivity index (χ0n) is 15.2. The molecular formula is C20H20FN3O3. The Morgan fingerprint density at radius 3 is 2.41 bits per heavy atom. The molecule has 1 amide bonds. The van der Waals surface area contributed by atoms with Crippen molar-refractivity contribution in [3.8, 4) is 17.6 Å². The molecule has 1 aliphatic rings. The third-order valence-corrected chi connectivity index (χ3v) is 4.64. The first-order valence-corrected chi connectivity index (χ1v) is 8.54. The fourth-order valence-corrected chi connectivity index (χ4v) is 3.19. The van der Waals surface area contributed by atoms with E-state index in [0.717, 1.165) is 0 Å². The molecule has 0 radical (unpaired) electrons. The zero-order chi connectivity index (χ0) is 19.4. The van der Waals surface area contributed by atoms with E-state index < -0.39 is 5.82 Å². The molecule has 0 spiro atoms. The molecule has 0 N–H and O–H groups in total. The molecule has 0 bridgehead atoms. The number of piperazine rings is 1. The summed E-state index contributed by atoms with van der Waals surface area (Å²) in [5, 5.41) is 9.21. The minimum Gasteiger partial charge on any atom is -0.493 e. The summed E-state index contributed by atoms with van der Waals surface area (Å²) in [6.45, 7) is 2.01. The van der Waals surface area contributed by atoms with Gasteiger partial charge in [0.05, 0.1) is 19.9 Å². The Balaban J connectivity index is 1.72. The summed E-state index contributed by atoms with van der Waals surface area (Å²) >= 11 is 0. The number of carbonyl (C=O) groups excluding carboxylic acids is 1. The number of hydrogen-bond acceptors (Lipinski definition) is 5. The molecule has 0 atom stereocenters. The quantitative estimate of drug-likeness (QED) is 0.829. The van der Waals surface area contributed by atoms with Gasteiger partial charge in [0, 0.05) is 31.7 Å². The Bertz CT molecular complexity index is 887. The molecule has 1 aliphatic heterocycles. The number of hydrogen-bond donors (Lipinski definition) is 0. The maximum absolute atomic E-state index is 13.8. The number of nitrogens with zero attached hydrogens (tertiary/aromatic N) is 3. The highest BCUT2D eigenvalue weighted by Crippen LogP contribution is 2.29. The standard InChI is InChI=1S/C20H20FN3O3/c1-26-18-7-6-14(12-19(18)27-2)20(25)24-10-8-23(9-11-24)17-5-3-4-16(21)15(17)13-22/h3-7,12H,8-11H2,1-2H3. The fourth-order valence-electron chi connectivity index (χ4n) is 3.19. The van der Waals surface area contributed by atoms with Crippen LogP contribution in [0.2, 0.25) is 0 Å². The summed E-state index contributed by atoms with van der Waals surface area (Å²) in [5.41, 5.74) is 1.12. The SMILES string of the molecule is COc1ccc(C(=O)N2CCN(c3cccc(F)c3C#N)CC2)cc1OC. The molecule has 2 aromatic rings. The Morgan fingerprint density at radius 2 is 1.78 bits per heavy atom. The smallest absolute Gasteiger partial charge is 0.254 e. The third kappa shape index (κ3) is 3.65. The van der Waals surface area contributed by atoms with Crippen molar-refractivity contribution in [1.29, 1.82) is 5.26 Å². The second-order valence-corrected chi connectivity index (χ2v) is 6.09. The minimum atomic E-state index is -0.529. The van der Waals surface area contributed by atoms with Gasteiger partial charge in [-0.1, -0.05) is 6.07 Å². The van der Waals surface area contributed by atoms with Crippen LogP contribution < -0.4 is 14.4 Å². The maximum atomic E-state index is 13.8. The van der Waals surface area contributed by atoms with E-state index in [2.05, 4.69) is 0 Å². The predicted octanol–water partition coefficient (Wildman–Crippen LogP) is 2.68. The van der Waals surface area contributed by atoms with Crippen molar-refractivity contribution < 1.29 is 18.7 Å². The highest BCUT2D eigenvalue weighted by atomic mass is 19.1. The average molecular weight is 369 g/mol. The zero-order valence-corrected chi connectivity index (χ0v) is 15.2. The number of anilines is 1. The van der Waals surface area contributed by atoms with Gasteiger partial charge in [0.25, 0.3) is 5.91 Å². The van der Waals surface area contributed by atoms with E-state index in [-0.39, 0.29) is 11.5 Å². The van der Waals surface area contributed by atoms with Crippen LogP contribution in [0.25, 0.3) is 0 Å². The Kier molecular flexibility index (Phi) is 5.46. The van der Waals surface area contributed by atoms with Crippen molar-refractivity contribution in [3.05, 3.63) is 53.3 Å². The van der Waals surface area contributed by atoms with Crippen LogP contribution in [-0.4, -0.2) is 51.2 Å². The molecule has 6 nitrogen and oxygen atoms in total. The van der Waals surface area contributed by atoms with Crippen LogP contribution in [0.1, 0.15) is 15.9 Å². The average Bonchev–Trinajstić information content (AvgIpc) is 2.72. The largest absolute Gasteiger partial charge is 0.493 e. The predicted molar refractivity (Wildman–Crippen MR) is 98.8 cm³/mol. The molecule has 140 valence electrons. The molecular weight excluding hydrogens is 349 g/mol. The number of ether oxygens (including phenoxy) is 2. The molecule has 7 heteroatoms. The topological polar surface area (TPSA) is 65.8 Å². The number of rotatable bonds is 4. The van der Waals surface area contributed by atoms with Gasteiger partial charge in [-0.2, -0.15) is 5.26 Å². The lowest BCUT2D eigenvalue weighted by atomic mass is 10.1. The summed E-state index contributed by atoms with van der Waals surface area (Å²) in [6.07, 6.45) is 0. The number of nitriles is 1. The van der Waals surface area contributed by atoms with Crippen molar-refractivity contribution in [2.45, 2.75) is 0 Å². The van der Waals surface area contributed by atoms with Gasteiger partial charge in [0.2, 0.25) is 0 Å². The van der Waals surface area contributed by atoms with Gasteiger partial charge >= 0.3 is 0 Å².